The van der Waals surface area contributed by atoms with Gasteiger partial charge in [0.15, 0.2) is 0 Å². The summed E-state index contributed by atoms with van der Waals surface area (Å²) >= 11 is 1.61. The Labute approximate surface area is 122 Å². The van der Waals surface area contributed by atoms with E-state index in [9.17, 15) is 13.6 Å². The highest BCUT2D eigenvalue weighted by atomic mass is 32.2. The van der Waals surface area contributed by atoms with Crippen molar-refractivity contribution < 1.29 is 13.6 Å². The zero-order valence-corrected chi connectivity index (χ0v) is 13.0. The molecule has 1 N–H and O–H groups in total. The lowest BCUT2D eigenvalue weighted by molar-refractivity contribution is 0.0756. The van der Waals surface area contributed by atoms with Gasteiger partial charge in [-0.25, -0.2) is 8.78 Å². The van der Waals surface area contributed by atoms with Crippen LogP contribution in [0.2, 0.25) is 0 Å². The Kier molecular flexibility index (Phi) is 6.26. The number of hydrogen-bond acceptors (Lipinski definition) is 3. The van der Waals surface area contributed by atoms with E-state index < -0.39 is 11.6 Å². The topological polar surface area (TPSA) is 32.3 Å². The van der Waals surface area contributed by atoms with E-state index in [1.807, 2.05) is 13.2 Å². The average Bonchev–Trinajstić information content (AvgIpc) is 2.41. The third kappa shape index (κ3) is 3.85. The molecule has 1 aromatic rings. The summed E-state index contributed by atoms with van der Waals surface area (Å²) in [5.41, 5.74) is -0.166. The molecule has 0 aliphatic rings. The molecule has 0 spiro atoms. The van der Waals surface area contributed by atoms with Gasteiger partial charge in [-0.2, -0.15) is 11.8 Å². The van der Waals surface area contributed by atoms with E-state index in [2.05, 4.69) is 5.32 Å². The number of amides is 1. The van der Waals surface area contributed by atoms with Crippen LogP contribution < -0.4 is 5.32 Å². The molecular formula is C14H20F2N2OS. The standard InChI is InChI=1S/C14H20F2N2OS/c1-5-17-13-11(15)6-10(7-12(13)16)14(19)18(3)9(2)8-20-4/h6-7,9,17H,5,8H2,1-4H3. The molecule has 6 heteroatoms. The number of halogens is 2. The highest BCUT2D eigenvalue weighted by Crippen LogP contribution is 2.22. The molecule has 0 bridgehead atoms. The molecule has 0 heterocycles. The van der Waals surface area contributed by atoms with Crippen molar-refractivity contribution >= 4 is 23.4 Å². The van der Waals surface area contributed by atoms with Gasteiger partial charge >= 0.3 is 0 Å². The number of nitrogens with zero attached hydrogens (tertiary/aromatic N) is 1. The van der Waals surface area contributed by atoms with Crippen LogP contribution in [0.15, 0.2) is 12.1 Å². The van der Waals surface area contributed by atoms with Crippen LogP contribution in [0.1, 0.15) is 24.2 Å². The molecule has 0 aliphatic carbocycles. The van der Waals surface area contributed by atoms with Crippen LogP contribution in [0.25, 0.3) is 0 Å². The van der Waals surface area contributed by atoms with Crippen molar-refractivity contribution in [3.05, 3.63) is 29.3 Å². The van der Waals surface area contributed by atoms with Gasteiger partial charge in [0.1, 0.15) is 17.3 Å². The SMILES string of the molecule is CCNc1c(F)cc(C(=O)N(C)C(C)CSC)cc1F. The number of carbonyl (C=O) groups excluding carboxylic acids is 1. The summed E-state index contributed by atoms with van der Waals surface area (Å²) in [6.45, 7) is 4.05. The van der Waals surface area contributed by atoms with Crippen LogP contribution in [-0.4, -0.2) is 42.4 Å². The van der Waals surface area contributed by atoms with Crippen LogP contribution in [0.5, 0.6) is 0 Å². The fourth-order valence-corrected chi connectivity index (χ4v) is 2.51. The molecular weight excluding hydrogens is 282 g/mol. The molecule has 1 unspecified atom stereocenters. The zero-order chi connectivity index (χ0) is 15.3. The van der Waals surface area contributed by atoms with Gasteiger partial charge in [0.2, 0.25) is 0 Å². The third-order valence-electron chi connectivity index (χ3n) is 3.03. The molecule has 1 aromatic carbocycles. The van der Waals surface area contributed by atoms with Crippen LogP contribution in [0.3, 0.4) is 0 Å². The van der Waals surface area contributed by atoms with Crippen LogP contribution >= 0.6 is 11.8 Å². The Hall–Kier alpha value is -1.30. The Morgan fingerprint density at radius 1 is 1.40 bits per heavy atom. The third-order valence-corrected chi connectivity index (χ3v) is 3.85. The Bertz CT molecular complexity index is 459. The van der Waals surface area contributed by atoms with E-state index in [4.69, 9.17) is 0 Å². The first-order chi connectivity index (χ1) is 9.42. The summed E-state index contributed by atoms with van der Waals surface area (Å²) in [6, 6.07) is 2.15. The van der Waals surface area contributed by atoms with E-state index in [-0.39, 0.29) is 23.2 Å². The summed E-state index contributed by atoms with van der Waals surface area (Å²) < 4.78 is 27.6. The fourth-order valence-electron chi connectivity index (χ4n) is 1.80. The summed E-state index contributed by atoms with van der Waals surface area (Å²) in [6.07, 6.45) is 1.94. The monoisotopic (exact) mass is 302 g/mol. The Balaban J connectivity index is 3.00. The minimum absolute atomic E-state index is 0.00272. The fraction of sp³-hybridized carbons (Fsp3) is 0.500. The number of thioether (sulfide) groups is 1. The largest absolute Gasteiger partial charge is 0.381 e. The minimum atomic E-state index is -0.749. The van der Waals surface area contributed by atoms with Crippen molar-refractivity contribution in [3.63, 3.8) is 0 Å². The smallest absolute Gasteiger partial charge is 0.254 e. The Morgan fingerprint density at radius 3 is 2.40 bits per heavy atom. The number of carbonyl (C=O) groups is 1. The molecule has 0 aromatic heterocycles. The molecule has 112 valence electrons. The van der Waals surface area contributed by atoms with E-state index in [1.165, 1.54) is 4.90 Å². The molecule has 0 fully saturated rings. The summed E-state index contributed by atoms with van der Waals surface area (Å²) in [5.74, 6) is -1.11. The second kappa shape index (κ2) is 7.47. The second-order valence-corrected chi connectivity index (χ2v) is 5.48. The van der Waals surface area contributed by atoms with E-state index in [0.29, 0.717) is 6.54 Å². The second-order valence-electron chi connectivity index (χ2n) is 4.57. The van der Waals surface area contributed by atoms with Gasteiger partial charge in [0.25, 0.3) is 5.91 Å². The molecule has 0 saturated carbocycles. The highest BCUT2D eigenvalue weighted by molar-refractivity contribution is 7.98. The normalized spacial score (nSPS) is 12.1. The molecule has 20 heavy (non-hydrogen) atoms. The van der Waals surface area contributed by atoms with Crippen molar-refractivity contribution in [2.75, 3.05) is 30.9 Å². The quantitative estimate of drug-likeness (QED) is 0.875. The van der Waals surface area contributed by atoms with Gasteiger partial charge in [-0.05, 0) is 32.2 Å². The molecule has 0 aliphatic heterocycles. The number of anilines is 1. The molecule has 3 nitrogen and oxygen atoms in total. The highest BCUT2D eigenvalue weighted by Gasteiger charge is 2.20. The number of hydrogen-bond donors (Lipinski definition) is 1. The summed E-state index contributed by atoms with van der Waals surface area (Å²) in [4.78, 5) is 13.7. The predicted octanol–water partition coefficient (Wildman–Crippen LogP) is 3.22. The van der Waals surface area contributed by atoms with Crippen molar-refractivity contribution in [2.45, 2.75) is 19.9 Å². The lowest BCUT2D eigenvalue weighted by atomic mass is 10.1. The maximum atomic E-state index is 13.8. The maximum Gasteiger partial charge on any atom is 0.254 e. The maximum absolute atomic E-state index is 13.8. The summed E-state index contributed by atoms with van der Waals surface area (Å²) in [7, 11) is 1.64. The van der Waals surface area contributed by atoms with Gasteiger partial charge in [-0.3, -0.25) is 4.79 Å². The molecule has 1 rings (SSSR count). The van der Waals surface area contributed by atoms with Crippen molar-refractivity contribution in [1.82, 2.24) is 4.90 Å². The minimum Gasteiger partial charge on any atom is -0.381 e. The Morgan fingerprint density at radius 2 is 1.95 bits per heavy atom. The summed E-state index contributed by atoms with van der Waals surface area (Å²) in [5, 5.41) is 2.60. The van der Waals surface area contributed by atoms with Crippen molar-refractivity contribution in [2.24, 2.45) is 0 Å². The number of benzene rings is 1. The van der Waals surface area contributed by atoms with E-state index in [0.717, 1.165) is 17.9 Å². The zero-order valence-electron chi connectivity index (χ0n) is 12.2. The molecule has 0 radical (unpaired) electrons. The average molecular weight is 302 g/mol. The molecule has 1 amide bonds. The first-order valence-electron chi connectivity index (χ1n) is 6.41. The number of nitrogens with one attached hydrogen (secondary N) is 1. The predicted molar refractivity (Wildman–Crippen MR) is 80.5 cm³/mol. The molecule has 1 atom stereocenters. The van der Waals surface area contributed by atoms with Crippen LogP contribution in [0, 0.1) is 11.6 Å². The van der Waals surface area contributed by atoms with E-state index in [1.54, 1.807) is 25.7 Å². The van der Waals surface area contributed by atoms with E-state index >= 15 is 0 Å². The molecule has 0 saturated heterocycles. The van der Waals surface area contributed by atoms with Crippen LogP contribution in [-0.2, 0) is 0 Å². The van der Waals surface area contributed by atoms with Gasteiger partial charge < -0.3 is 10.2 Å². The van der Waals surface area contributed by atoms with Crippen molar-refractivity contribution in [3.8, 4) is 0 Å². The van der Waals surface area contributed by atoms with Crippen LogP contribution in [0.4, 0.5) is 14.5 Å². The van der Waals surface area contributed by atoms with Gasteiger partial charge in [-0.15, -0.1) is 0 Å². The van der Waals surface area contributed by atoms with Gasteiger partial charge in [0, 0.05) is 31.0 Å². The lowest BCUT2D eigenvalue weighted by Crippen LogP contribution is -2.36. The number of rotatable bonds is 6. The van der Waals surface area contributed by atoms with Gasteiger partial charge in [-0.1, -0.05) is 0 Å². The first-order valence-corrected chi connectivity index (χ1v) is 7.80. The van der Waals surface area contributed by atoms with Gasteiger partial charge in [0.05, 0.1) is 0 Å². The lowest BCUT2D eigenvalue weighted by Gasteiger charge is -2.24. The van der Waals surface area contributed by atoms with Crippen molar-refractivity contribution in [1.29, 1.82) is 0 Å². The first kappa shape index (κ1) is 16.8.